The highest BCUT2D eigenvalue weighted by Crippen LogP contribution is 2.25. The SMILES string of the molecule is c1ncc2ccc(N3CCC(N4CCOCC4)CC3)cc2n1. The van der Waals surface area contributed by atoms with Crippen LogP contribution in [0.4, 0.5) is 5.69 Å². The maximum atomic E-state index is 5.46. The highest BCUT2D eigenvalue weighted by atomic mass is 16.5. The fraction of sp³-hybridized carbons (Fsp3) is 0.529. The zero-order chi connectivity index (χ0) is 14.8. The molecular formula is C17H22N4O. The van der Waals surface area contributed by atoms with Crippen molar-refractivity contribution in [2.75, 3.05) is 44.3 Å². The van der Waals surface area contributed by atoms with Gasteiger partial charge in [0, 0.05) is 49.5 Å². The molecule has 0 N–H and O–H groups in total. The second-order valence-electron chi connectivity index (χ2n) is 6.13. The lowest BCUT2D eigenvalue weighted by Crippen LogP contribution is -2.49. The summed E-state index contributed by atoms with van der Waals surface area (Å²) in [5, 5.41) is 1.11. The number of anilines is 1. The summed E-state index contributed by atoms with van der Waals surface area (Å²) in [6, 6.07) is 7.23. The van der Waals surface area contributed by atoms with Gasteiger partial charge in [-0.15, -0.1) is 0 Å². The summed E-state index contributed by atoms with van der Waals surface area (Å²) in [5.41, 5.74) is 2.31. The molecule has 0 saturated carbocycles. The molecule has 0 radical (unpaired) electrons. The number of hydrogen-bond acceptors (Lipinski definition) is 5. The van der Waals surface area contributed by atoms with Gasteiger partial charge in [0.1, 0.15) is 6.33 Å². The first kappa shape index (κ1) is 13.9. The molecule has 0 amide bonds. The molecule has 2 aliphatic rings. The van der Waals surface area contributed by atoms with Crippen molar-refractivity contribution in [2.24, 2.45) is 0 Å². The second-order valence-corrected chi connectivity index (χ2v) is 6.13. The Labute approximate surface area is 130 Å². The van der Waals surface area contributed by atoms with E-state index in [4.69, 9.17) is 4.74 Å². The Morgan fingerprint density at radius 3 is 2.68 bits per heavy atom. The number of ether oxygens (including phenoxy) is 1. The first-order valence-electron chi connectivity index (χ1n) is 8.17. The van der Waals surface area contributed by atoms with Crippen LogP contribution in [0.2, 0.25) is 0 Å². The van der Waals surface area contributed by atoms with E-state index in [2.05, 4.69) is 38.0 Å². The van der Waals surface area contributed by atoms with E-state index in [0.29, 0.717) is 0 Å². The van der Waals surface area contributed by atoms with Gasteiger partial charge in [0.2, 0.25) is 0 Å². The molecule has 0 atom stereocenters. The monoisotopic (exact) mass is 298 g/mol. The van der Waals surface area contributed by atoms with Gasteiger partial charge in [0.15, 0.2) is 0 Å². The Balaban J connectivity index is 1.43. The summed E-state index contributed by atoms with van der Waals surface area (Å²) in [6.07, 6.45) is 5.97. The van der Waals surface area contributed by atoms with E-state index in [1.54, 1.807) is 6.33 Å². The van der Waals surface area contributed by atoms with Crippen molar-refractivity contribution < 1.29 is 4.74 Å². The topological polar surface area (TPSA) is 41.5 Å². The molecule has 1 aromatic carbocycles. The summed E-state index contributed by atoms with van der Waals surface area (Å²) in [4.78, 5) is 13.5. The van der Waals surface area contributed by atoms with Crippen molar-refractivity contribution in [3.8, 4) is 0 Å². The Kier molecular flexibility index (Phi) is 3.91. The number of fused-ring (bicyclic) bond motifs is 1. The van der Waals surface area contributed by atoms with E-state index in [1.165, 1.54) is 18.5 Å². The van der Waals surface area contributed by atoms with Crippen LogP contribution in [0.15, 0.2) is 30.7 Å². The van der Waals surface area contributed by atoms with Gasteiger partial charge < -0.3 is 9.64 Å². The normalized spacial score (nSPS) is 21.4. The quantitative estimate of drug-likeness (QED) is 0.847. The van der Waals surface area contributed by atoms with Crippen LogP contribution in [-0.2, 0) is 4.74 Å². The van der Waals surface area contributed by atoms with Crippen LogP contribution in [0.5, 0.6) is 0 Å². The molecule has 2 saturated heterocycles. The van der Waals surface area contributed by atoms with Crippen LogP contribution >= 0.6 is 0 Å². The minimum Gasteiger partial charge on any atom is -0.379 e. The van der Waals surface area contributed by atoms with Gasteiger partial charge in [0.25, 0.3) is 0 Å². The third-order valence-electron chi connectivity index (χ3n) is 4.88. The van der Waals surface area contributed by atoms with Gasteiger partial charge in [-0.1, -0.05) is 0 Å². The van der Waals surface area contributed by atoms with Gasteiger partial charge in [-0.25, -0.2) is 9.97 Å². The minimum absolute atomic E-state index is 0.725. The van der Waals surface area contributed by atoms with Crippen molar-refractivity contribution in [3.05, 3.63) is 30.7 Å². The third kappa shape index (κ3) is 2.78. The van der Waals surface area contributed by atoms with Crippen molar-refractivity contribution in [2.45, 2.75) is 18.9 Å². The molecule has 0 spiro atoms. The highest BCUT2D eigenvalue weighted by molar-refractivity contribution is 5.81. The lowest BCUT2D eigenvalue weighted by molar-refractivity contribution is 0.0115. The molecule has 116 valence electrons. The first-order chi connectivity index (χ1) is 10.9. The molecular weight excluding hydrogens is 276 g/mol. The van der Waals surface area contributed by atoms with Crippen molar-refractivity contribution in [1.29, 1.82) is 0 Å². The number of aromatic nitrogens is 2. The fourth-order valence-electron chi connectivity index (χ4n) is 3.59. The first-order valence-corrected chi connectivity index (χ1v) is 8.17. The second kappa shape index (κ2) is 6.18. The number of hydrogen-bond donors (Lipinski definition) is 0. The van der Waals surface area contributed by atoms with Crippen LogP contribution < -0.4 is 4.90 Å². The van der Waals surface area contributed by atoms with Crippen LogP contribution in [0.25, 0.3) is 10.9 Å². The standard InChI is InChI=1S/C17H22N4O/c1-2-16(11-17-14(1)12-18-13-19-17)20-5-3-15(4-6-20)21-7-9-22-10-8-21/h1-2,11-13,15H,3-10H2. The average molecular weight is 298 g/mol. The van der Waals surface area contributed by atoms with Crippen LogP contribution in [0.3, 0.4) is 0 Å². The third-order valence-corrected chi connectivity index (χ3v) is 4.88. The molecule has 3 heterocycles. The van der Waals surface area contributed by atoms with Crippen molar-refractivity contribution >= 4 is 16.6 Å². The molecule has 2 fully saturated rings. The van der Waals surface area contributed by atoms with E-state index >= 15 is 0 Å². The predicted octanol–water partition coefficient (Wildman–Crippen LogP) is 1.93. The molecule has 5 nitrogen and oxygen atoms in total. The average Bonchev–Trinajstić information content (AvgIpc) is 2.62. The maximum absolute atomic E-state index is 5.46. The predicted molar refractivity (Wildman–Crippen MR) is 87.2 cm³/mol. The Morgan fingerprint density at radius 2 is 1.86 bits per heavy atom. The molecule has 1 aromatic heterocycles. The van der Waals surface area contributed by atoms with Crippen LogP contribution in [0, 0.1) is 0 Å². The lowest BCUT2D eigenvalue weighted by atomic mass is 10.0. The number of rotatable bonds is 2. The van der Waals surface area contributed by atoms with E-state index in [0.717, 1.165) is 56.3 Å². The Morgan fingerprint density at radius 1 is 1.05 bits per heavy atom. The zero-order valence-electron chi connectivity index (χ0n) is 12.8. The van der Waals surface area contributed by atoms with Gasteiger partial charge in [-0.05, 0) is 31.0 Å². The molecule has 0 aliphatic carbocycles. The van der Waals surface area contributed by atoms with E-state index < -0.39 is 0 Å². The summed E-state index contributed by atoms with van der Waals surface area (Å²) in [7, 11) is 0. The van der Waals surface area contributed by atoms with Gasteiger partial charge in [-0.3, -0.25) is 4.90 Å². The molecule has 0 bridgehead atoms. The van der Waals surface area contributed by atoms with E-state index in [9.17, 15) is 0 Å². The molecule has 0 unspecified atom stereocenters. The minimum atomic E-state index is 0.725. The summed E-state index contributed by atoms with van der Waals surface area (Å²) < 4.78 is 5.46. The van der Waals surface area contributed by atoms with Crippen LogP contribution in [0.1, 0.15) is 12.8 Å². The smallest absolute Gasteiger partial charge is 0.116 e. The molecule has 22 heavy (non-hydrogen) atoms. The molecule has 4 rings (SSSR count). The lowest BCUT2D eigenvalue weighted by Gasteiger charge is -2.40. The van der Waals surface area contributed by atoms with Gasteiger partial charge in [-0.2, -0.15) is 0 Å². The summed E-state index contributed by atoms with van der Waals surface area (Å²) >= 11 is 0. The van der Waals surface area contributed by atoms with Crippen molar-refractivity contribution in [1.82, 2.24) is 14.9 Å². The van der Waals surface area contributed by atoms with Gasteiger partial charge in [0.05, 0.1) is 18.7 Å². The number of benzene rings is 1. The highest BCUT2D eigenvalue weighted by Gasteiger charge is 2.25. The Hall–Kier alpha value is -1.72. The van der Waals surface area contributed by atoms with Crippen LogP contribution in [-0.4, -0.2) is 60.3 Å². The summed E-state index contributed by atoms with van der Waals surface area (Å²) in [5.74, 6) is 0. The number of nitrogens with zero attached hydrogens (tertiary/aromatic N) is 4. The molecule has 5 heteroatoms. The van der Waals surface area contributed by atoms with Gasteiger partial charge >= 0.3 is 0 Å². The molecule has 2 aliphatic heterocycles. The summed E-state index contributed by atoms with van der Waals surface area (Å²) in [6.45, 7) is 6.22. The van der Waals surface area contributed by atoms with Crippen molar-refractivity contribution in [3.63, 3.8) is 0 Å². The fourth-order valence-corrected chi connectivity index (χ4v) is 3.59. The maximum Gasteiger partial charge on any atom is 0.116 e. The van der Waals surface area contributed by atoms with E-state index in [-0.39, 0.29) is 0 Å². The molecule has 2 aromatic rings. The zero-order valence-corrected chi connectivity index (χ0v) is 12.8. The number of morpholine rings is 1. The van der Waals surface area contributed by atoms with E-state index in [1.807, 2.05) is 6.20 Å². The number of piperidine rings is 1. The Bertz CT molecular complexity index is 633. The largest absolute Gasteiger partial charge is 0.379 e.